The van der Waals surface area contributed by atoms with Crippen molar-refractivity contribution in [2.75, 3.05) is 0 Å². The molecule has 0 amide bonds. The number of fused-ring (bicyclic) bond motifs is 7. The van der Waals surface area contributed by atoms with Gasteiger partial charge in [-0.3, -0.25) is 9.97 Å². The van der Waals surface area contributed by atoms with Crippen LogP contribution in [0.5, 0.6) is 0 Å². The van der Waals surface area contributed by atoms with Crippen LogP contribution in [0.25, 0.3) is 32.0 Å². The maximum Gasteiger partial charge on any atom is 0.275 e. The fourth-order valence-electron chi connectivity index (χ4n) is 2.75. The largest absolute Gasteiger partial charge is 0.439 e. The Hall–Kier alpha value is -2.27. The molecule has 5 heterocycles. The van der Waals surface area contributed by atoms with Gasteiger partial charge in [-0.1, -0.05) is 0 Å². The summed E-state index contributed by atoms with van der Waals surface area (Å²) in [5.41, 5.74) is 4.59. The normalized spacial score (nSPS) is 13.1. The van der Waals surface area contributed by atoms with Gasteiger partial charge in [-0.15, -0.1) is 0 Å². The maximum absolute atomic E-state index is 5.90. The van der Waals surface area contributed by atoms with Crippen molar-refractivity contribution in [3.63, 3.8) is 0 Å². The Bertz CT molecular complexity index is 954. The molecule has 90 valence electrons. The first-order valence-electron chi connectivity index (χ1n) is 6.04. The van der Waals surface area contributed by atoms with Crippen molar-refractivity contribution in [1.29, 1.82) is 0 Å². The molecule has 5 heteroatoms. The summed E-state index contributed by atoms with van der Waals surface area (Å²) in [5, 5.41) is 2.31. The van der Waals surface area contributed by atoms with Crippen LogP contribution in [-0.4, -0.2) is 9.97 Å². The summed E-state index contributed by atoms with van der Waals surface area (Å²) in [5.74, 6) is 0. The van der Waals surface area contributed by atoms with Gasteiger partial charge in [0.15, 0.2) is 6.54 Å². The van der Waals surface area contributed by atoms with Crippen molar-refractivity contribution >= 4 is 32.7 Å². The summed E-state index contributed by atoms with van der Waals surface area (Å²) in [4.78, 5) is 9.40. The number of hydrogen-bond acceptors (Lipinski definition) is 4. The monoisotopic (exact) mass is 266 g/mol. The van der Waals surface area contributed by atoms with Crippen molar-refractivity contribution in [3.8, 4) is 10.6 Å². The van der Waals surface area contributed by atoms with E-state index in [2.05, 4.69) is 20.6 Å². The van der Waals surface area contributed by atoms with E-state index in [-0.39, 0.29) is 0 Å². The molecule has 1 aliphatic rings. The Morgan fingerprint density at radius 1 is 1.16 bits per heavy atom. The van der Waals surface area contributed by atoms with E-state index in [0.717, 1.165) is 27.9 Å². The van der Waals surface area contributed by atoms with Gasteiger partial charge in [-0.2, -0.15) is 4.57 Å². The molecule has 0 saturated carbocycles. The second kappa shape index (κ2) is 3.19. The molecule has 1 aliphatic heterocycles. The topological polar surface area (TPSA) is 42.8 Å². The Kier molecular flexibility index (Phi) is 1.62. The molecule has 0 saturated heterocycles. The smallest absolute Gasteiger partial charge is 0.275 e. The lowest BCUT2D eigenvalue weighted by molar-refractivity contribution is -0.641. The van der Waals surface area contributed by atoms with Crippen LogP contribution in [0.2, 0.25) is 0 Å². The SMILES string of the molecule is c1cc2c(cn1)-c1sc3oc4ccncc4c3[n+]1C2. The van der Waals surface area contributed by atoms with Crippen molar-refractivity contribution < 1.29 is 8.98 Å². The molecule has 4 nitrogen and oxygen atoms in total. The second-order valence-electron chi connectivity index (χ2n) is 4.64. The third-order valence-corrected chi connectivity index (χ3v) is 4.70. The molecule has 4 aromatic rings. The lowest BCUT2D eigenvalue weighted by Crippen LogP contribution is -2.30. The summed E-state index contributed by atoms with van der Waals surface area (Å²) < 4.78 is 8.21. The highest BCUT2D eigenvalue weighted by molar-refractivity contribution is 7.20. The van der Waals surface area contributed by atoms with E-state index < -0.39 is 0 Å². The number of hydrogen-bond donors (Lipinski definition) is 0. The molecular weight excluding hydrogens is 258 g/mol. The van der Waals surface area contributed by atoms with Crippen LogP contribution >= 0.6 is 11.3 Å². The van der Waals surface area contributed by atoms with Gasteiger partial charge in [0.05, 0.1) is 5.56 Å². The minimum absolute atomic E-state index is 0.886. The average molecular weight is 266 g/mol. The lowest BCUT2D eigenvalue weighted by atomic mass is 10.2. The minimum atomic E-state index is 0.886. The Labute approximate surface area is 112 Å². The van der Waals surface area contributed by atoms with Crippen molar-refractivity contribution in [2.24, 2.45) is 0 Å². The highest BCUT2D eigenvalue weighted by Gasteiger charge is 2.34. The van der Waals surface area contributed by atoms with Crippen LogP contribution < -0.4 is 4.57 Å². The first-order valence-corrected chi connectivity index (χ1v) is 6.85. The van der Waals surface area contributed by atoms with Gasteiger partial charge in [0.2, 0.25) is 0 Å². The molecule has 0 aliphatic carbocycles. The summed E-state index contributed by atoms with van der Waals surface area (Å²) in [7, 11) is 0. The molecule has 0 radical (unpaired) electrons. The van der Waals surface area contributed by atoms with E-state index in [1.54, 1.807) is 17.5 Å². The summed E-state index contributed by atoms with van der Waals surface area (Å²) in [6.07, 6.45) is 7.42. The zero-order chi connectivity index (χ0) is 12.4. The fraction of sp³-hybridized carbons (Fsp3) is 0.0714. The van der Waals surface area contributed by atoms with Crippen LogP contribution in [0, 0.1) is 0 Å². The number of furan rings is 1. The van der Waals surface area contributed by atoms with E-state index in [1.165, 1.54) is 16.1 Å². The van der Waals surface area contributed by atoms with Crippen molar-refractivity contribution in [3.05, 3.63) is 42.5 Å². The van der Waals surface area contributed by atoms with E-state index >= 15 is 0 Å². The number of pyridine rings is 2. The van der Waals surface area contributed by atoms with Crippen LogP contribution in [0.1, 0.15) is 5.56 Å². The van der Waals surface area contributed by atoms with Crippen LogP contribution in [-0.2, 0) is 6.54 Å². The van der Waals surface area contributed by atoms with Gasteiger partial charge in [-0.05, 0) is 17.4 Å². The van der Waals surface area contributed by atoms with E-state index in [0.29, 0.717) is 0 Å². The molecule has 5 rings (SSSR count). The van der Waals surface area contributed by atoms with Crippen LogP contribution in [0.15, 0.2) is 41.3 Å². The standard InChI is InChI=1S/C14H8N3OS/c1-3-15-5-9-8(1)7-17-12-10-6-16-4-2-11(10)18-14(12)19-13(9)17/h1-6H,7H2/q+1. The first kappa shape index (κ1) is 9.63. The molecule has 0 spiro atoms. The zero-order valence-electron chi connectivity index (χ0n) is 9.83. The molecule has 0 atom stereocenters. The maximum atomic E-state index is 5.90. The van der Waals surface area contributed by atoms with E-state index in [1.807, 2.05) is 24.7 Å². The van der Waals surface area contributed by atoms with Crippen molar-refractivity contribution in [2.45, 2.75) is 6.54 Å². The molecular formula is C14H8N3OS+. The van der Waals surface area contributed by atoms with E-state index in [4.69, 9.17) is 4.42 Å². The minimum Gasteiger partial charge on any atom is -0.439 e. The van der Waals surface area contributed by atoms with E-state index in [9.17, 15) is 0 Å². The molecule has 0 aromatic carbocycles. The second-order valence-corrected chi connectivity index (χ2v) is 5.60. The molecule has 0 bridgehead atoms. The predicted octanol–water partition coefficient (Wildman–Crippen LogP) is 2.75. The van der Waals surface area contributed by atoms with Crippen molar-refractivity contribution in [1.82, 2.24) is 9.97 Å². The number of aromatic nitrogens is 3. The summed E-state index contributed by atoms with van der Waals surface area (Å²) >= 11 is 1.68. The molecule has 0 unspecified atom stereocenters. The lowest BCUT2D eigenvalue weighted by Gasteiger charge is -1.88. The molecule has 0 N–H and O–H groups in total. The van der Waals surface area contributed by atoms with Gasteiger partial charge in [0.1, 0.15) is 11.0 Å². The Morgan fingerprint density at radius 2 is 2.05 bits per heavy atom. The number of thiazole rings is 1. The van der Waals surface area contributed by atoms with Gasteiger partial charge in [0.25, 0.3) is 15.4 Å². The first-order chi connectivity index (χ1) is 9.42. The summed E-state index contributed by atoms with van der Waals surface area (Å²) in [6.45, 7) is 0.886. The number of nitrogens with zero attached hydrogens (tertiary/aromatic N) is 3. The third kappa shape index (κ3) is 1.11. The van der Waals surface area contributed by atoms with Gasteiger partial charge < -0.3 is 4.42 Å². The molecule has 0 fully saturated rings. The quantitative estimate of drug-likeness (QED) is 0.405. The van der Waals surface area contributed by atoms with Gasteiger partial charge in [0, 0.05) is 36.4 Å². The highest BCUT2D eigenvalue weighted by Crippen LogP contribution is 2.38. The number of rotatable bonds is 0. The van der Waals surface area contributed by atoms with Gasteiger partial charge in [-0.25, -0.2) is 0 Å². The Balaban J connectivity index is 1.94. The highest BCUT2D eigenvalue weighted by atomic mass is 32.1. The average Bonchev–Trinajstić information content (AvgIpc) is 3.05. The molecule has 19 heavy (non-hydrogen) atoms. The predicted molar refractivity (Wildman–Crippen MR) is 71.9 cm³/mol. The van der Waals surface area contributed by atoms with Crippen LogP contribution in [0.4, 0.5) is 0 Å². The third-order valence-electron chi connectivity index (χ3n) is 3.61. The Morgan fingerprint density at radius 3 is 3.05 bits per heavy atom. The van der Waals surface area contributed by atoms with Gasteiger partial charge >= 0.3 is 0 Å². The molecule has 4 aromatic heterocycles. The zero-order valence-corrected chi connectivity index (χ0v) is 10.6. The fourth-order valence-corrected chi connectivity index (χ4v) is 3.93. The summed E-state index contributed by atoms with van der Waals surface area (Å²) in [6, 6.07) is 4.00. The van der Waals surface area contributed by atoms with Crippen LogP contribution in [0.3, 0.4) is 0 Å².